The van der Waals surface area contributed by atoms with E-state index in [-0.39, 0.29) is 12.6 Å². The second-order valence-electron chi connectivity index (χ2n) is 5.18. The fourth-order valence-corrected chi connectivity index (χ4v) is 2.12. The quantitative estimate of drug-likeness (QED) is 0.706. The van der Waals surface area contributed by atoms with Crippen LogP contribution in [0.25, 0.3) is 0 Å². The van der Waals surface area contributed by atoms with E-state index in [0.717, 1.165) is 18.0 Å². The van der Waals surface area contributed by atoms with Gasteiger partial charge in [-0.1, -0.05) is 5.21 Å². The van der Waals surface area contributed by atoms with E-state index >= 15 is 0 Å². The molecule has 0 aliphatic rings. The van der Waals surface area contributed by atoms with E-state index in [1.54, 1.807) is 10.9 Å². The van der Waals surface area contributed by atoms with Crippen molar-refractivity contribution in [3.8, 4) is 0 Å². The number of nitrogens with one attached hydrogen (secondary N) is 1. The fraction of sp³-hybridized carbons (Fsp3) is 0.571. The molecule has 0 saturated heterocycles. The average molecular weight is 293 g/mol. The minimum Gasteiger partial charge on any atom is -0.468 e. The lowest BCUT2D eigenvalue weighted by molar-refractivity contribution is 0.250. The molecule has 0 aliphatic carbocycles. The summed E-state index contributed by atoms with van der Waals surface area (Å²) < 4.78 is 7.22. The molecule has 7 heteroatoms. The normalized spacial score (nSPS) is 13.0. The van der Waals surface area contributed by atoms with Crippen LogP contribution in [0.15, 0.2) is 29.0 Å². The number of aliphatic hydroxyl groups is 1. The molecule has 2 aromatic heterocycles. The van der Waals surface area contributed by atoms with E-state index in [1.165, 1.54) is 0 Å². The first-order chi connectivity index (χ1) is 10.2. The summed E-state index contributed by atoms with van der Waals surface area (Å²) in [5.74, 6) is 0.944. The second kappa shape index (κ2) is 7.92. The highest BCUT2D eigenvalue weighted by Crippen LogP contribution is 2.17. The molecule has 0 radical (unpaired) electrons. The fourth-order valence-electron chi connectivity index (χ4n) is 2.12. The van der Waals surface area contributed by atoms with Crippen LogP contribution in [0.2, 0.25) is 0 Å². The standard InChI is InChI=1S/C14H23N5O2/c1-18(2)13(14-5-3-8-21-14)10-15-9-12-11-19(17-16-12)6-4-7-20/h3,5,8,11,13,15,20H,4,6-7,9-10H2,1-2H3. The van der Waals surface area contributed by atoms with Crippen molar-refractivity contribution in [3.63, 3.8) is 0 Å². The van der Waals surface area contributed by atoms with Gasteiger partial charge in [-0.25, -0.2) is 0 Å². The predicted molar refractivity (Wildman–Crippen MR) is 78.6 cm³/mol. The van der Waals surface area contributed by atoms with Crippen LogP contribution in [0.5, 0.6) is 0 Å². The summed E-state index contributed by atoms with van der Waals surface area (Å²) in [6.45, 7) is 2.28. The van der Waals surface area contributed by atoms with Crippen LogP contribution in [0.1, 0.15) is 23.9 Å². The van der Waals surface area contributed by atoms with Crippen molar-refractivity contribution in [1.29, 1.82) is 0 Å². The Morgan fingerprint density at radius 2 is 2.33 bits per heavy atom. The number of aliphatic hydroxyl groups excluding tert-OH is 1. The lowest BCUT2D eigenvalue weighted by Gasteiger charge is -2.22. The van der Waals surface area contributed by atoms with Crippen LogP contribution < -0.4 is 5.32 Å². The Kier molecular flexibility index (Phi) is 5.91. The monoisotopic (exact) mass is 293 g/mol. The Morgan fingerprint density at radius 1 is 1.48 bits per heavy atom. The zero-order chi connectivity index (χ0) is 15.1. The number of likely N-dealkylation sites (N-methyl/N-ethyl adjacent to an activating group) is 1. The maximum atomic E-state index is 8.79. The van der Waals surface area contributed by atoms with E-state index in [2.05, 4.69) is 20.5 Å². The third-order valence-electron chi connectivity index (χ3n) is 3.27. The molecule has 0 spiro atoms. The van der Waals surface area contributed by atoms with Crippen molar-refractivity contribution in [2.45, 2.75) is 25.6 Å². The number of hydrogen-bond donors (Lipinski definition) is 2. The van der Waals surface area contributed by atoms with Crippen LogP contribution in [-0.4, -0.2) is 52.2 Å². The third-order valence-corrected chi connectivity index (χ3v) is 3.27. The number of hydrogen-bond acceptors (Lipinski definition) is 6. The van der Waals surface area contributed by atoms with Crippen LogP contribution in [0.3, 0.4) is 0 Å². The molecule has 0 aliphatic heterocycles. The van der Waals surface area contributed by atoms with Gasteiger partial charge >= 0.3 is 0 Å². The molecule has 0 amide bonds. The minimum atomic E-state index is 0.168. The van der Waals surface area contributed by atoms with Gasteiger partial charge in [-0.15, -0.1) is 5.10 Å². The number of furan rings is 1. The van der Waals surface area contributed by atoms with E-state index in [9.17, 15) is 0 Å². The predicted octanol–water partition coefficient (Wildman–Crippen LogP) is 0.646. The van der Waals surface area contributed by atoms with Gasteiger partial charge in [0, 0.05) is 32.4 Å². The molecular weight excluding hydrogens is 270 g/mol. The van der Waals surface area contributed by atoms with Gasteiger partial charge in [0.2, 0.25) is 0 Å². The first-order valence-corrected chi connectivity index (χ1v) is 7.11. The number of rotatable bonds is 9. The summed E-state index contributed by atoms with van der Waals surface area (Å²) in [6.07, 6.45) is 4.29. The maximum Gasteiger partial charge on any atom is 0.122 e. The largest absolute Gasteiger partial charge is 0.468 e. The molecule has 0 saturated carbocycles. The molecule has 116 valence electrons. The van der Waals surface area contributed by atoms with Gasteiger partial charge in [-0.05, 0) is 32.6 Å². The molecule has 0 bridgehead atoms. The summed E-state index contributed by atoms with van der Waals surface area (Å²) in [5.41, 5.74) is 0.893. The second-order valence-corrected chi connectivity index (χ2v) is 5.18. The van der Waals surface area contributed by atoms with Gasteiger partial charge in [-0.2, -0.15) is 0 Å². The molecule has 2 heterocycles. The molecular formula is C14H23N5O2. The lowest BCUT2D eigenvalue weighted by Crippen LogP contribution is -2.30. The number of nitrogens with zero attached hydrogens (tertiary/aromatic N) is 4. The topological polar surface area (TPSA) is 79.4 Å². The first kappa shape index (κ1) is 15.7. The van der Waals surface area contributed by atoms with Gasteiger partial charge in [0.25, 0.3) is 0 Å². The smallest absolute Gasteiger partial charge is 0.122 e. The Hall–Kier alpha value is -1.70. The average Bonchev–Trinajstić information content (AvgIpc) is 3.12. The summed E-state index contributed by atoms with van der Waals surface area (Å²) in [7, 11) is 4.06. The maximum absolute atomic E-state index is 8.79. The molecule has 2 rings (SSSR count). The minimum absolute atomic E-state index is 0.168. The van der Waals surface area contributed by atoms with Crippen molar-refractivity contribution >= 4 is 0 Å². The van der Waals surface area contributed by atoms with Gasteiger partial charge in [0.05, 0.1) is 18.0 Å². The zero-order valence-corrected chi connectivity index (χ0v) is 12.6. The van der Waals surface area contributed by atoms with Gasteiger partial charge in [-0.3, -0.25) is 9.58 Å². The third kappa shape index (κ3) is 4.66. The van der Waals surface area contributed by atoms with Crippen molar-refractivity contribution in [2.75, 3.05) is 27.2 Å². The number of aryl methyl sites for hydroxylation is 1. The Balaban J connectivity index is 1.81. The Morgan fingerprint density at radius 3 is 3.00 bits per heavy atom. The summed E-state index contributed by atoms with van der Waals surface area (Å²) >= 11 is 0. The summed E-state index contributed by atoms with van der Waals surface area (Å²) in [6, 6.07) is 4.07. The highest BCUT2D eigenvalue weighted by molar-refractivity contribution is 5.05. The highest BCUT2D eigenvalue weighted by atomic mass is 16.3. The molecule has 2 aromatic rings. The molecule has 2 N–H and O–H groups in total. The van der Waals surface area contributed by atoms with Crippen molar-refractivity contribution < 1.29 is 9.52 Å². The lowest BCUT2D eigenvalue weighted by atomic mass is 10.2. The molecule has 7 nitrogen and oxygen atoms in total. The van der Waals surface area contributed by atoms with E-state index < -0.39 is 0 Å². The van der Waals surface area contributed by atoms with Crippen LogP contribution in [-0.2, 0) is 13.1 Å². The van der Waals surface area contributed by atoms with Crippen molar-refractivity contribution in [2.24, 2.45) is 0 Å². The summed E-state index contributed by atoms with van der Waals surface area (Å²) in [4.78, 5) is 2.12. The van der Waals surface area contributed by atoms with E-state index in [1.807, 2.05) is 32.4 Å². The van der Waals surface area contributed by atoms with Crippen LogP contribution in [0, 0.1) is 0 Å². The highest BCUT2D eigenvalue weighted by Gasteiger charge is 2.16. The molecule has 1 unspecified atom stereocenters. The van der Waals surface area contributed by atoms with Crippen LogP contribution in [0.4, 0.5) is 0 Å². The number of aromatic nitrogens is 3. The summed E-state index contributed by atoms with van der Waals surface area (Å²) in [5, 5.41) is 20.3. The van der Waals surface area contributed by atoms with Gasteiger partial charge < -0.3 is 14.8 Å². The van der Waals surface area contributed by atoms with E-state index in [0.29, 0.717) is 19.5 Å². The Labute approximate surface area is 124 Å². The Bertz CT molecular complexity index is 509. The van der Waals surface area contributed by atoms with Crippen molar-refractivity contribution in [1.82, 2.24) is 25.2 Å². The molecule has 21 heavy (non-hydrogen) atoms. The first-order valence-electron chi connectivity index (χ1n) is 7.11. The SMILES string of the molecule is CN(C)C(CNCc1cn(CCCO)nn1)c1ccco1. The molecule has 0 aromatic carbocycles. The van der Waals surface area contributed by atoms with Gasteiger partial charge in [0.15, 0.2) is 0 Å². The van der Waals surface area contributed by atoms with E-state index in [4.69, 9.17) is 9.52 Å². The van der Waals surface area contributed by atoms with Gasteiger partial charge in [0.1, 0.15) is 5.76 Å². The molecule has 1 atom stereocenters. The van der Waals surface area contributed by atoms with Crippen molar-refractivity contribution in [3.05, 3.63) is 36.0 Å². The molecule has 0 fully saturated rings. The van der Waals surface area contributed by atoms with Crippen LogP contribution >= 0.6 is 0 Å². The zero-order valence-electron chi connectivity index (χ0n) is 12.6.